The summed E-state index contributed by atoms with van der Waals surface area (Å²) in [4.78, 5) is 20.6. The molecule has 0 aliphatic rings. The average Bonchev–Trinajstić information content (AvgIpc) is 2.80. The van der Waals surface area contributed by atoms with E-state index in [1.165, 1.54) is 17.5 Å². The lowest BCUT2D eigenvalue weighted by atomic mass is 10.2. The normalized spacial score (nSPS) is 10.7. The maximum Gasteiger partial charge on any atom is 0.261 e. The number of amides is 1. The number of thiazole rings is 1. The van der Waals surface area contributed by atoms with Crippen molar-refractivity contribution in [2.45, 2.75) is 6.92 Å². The highest BCUT2D eigenvalue weighted by Crippen LogP contribution is 2.26. The number of aromatic nitrogens is 2. The standard InChI is InChI=1S/C14H12N4OS/c1-8-6-10(15)9(7-16-8)13(19)18-14-17-11-4-2-3-5-12(11)20-14/h2-7H,1H3,(H2,15,16)(H,17,18,19). The molecule has 100 valence electrons. The van der Waals surface area contributed by atoms with Crippen molar-refractivity contribution in [3.8, 4) is 0 Å². The van der Waals surface area contributed by atoms with Gasteiger partial charge in [-0.3, -0.25) is 15.1 Å². The Morgan fingerprint density at radius 3 is 2.90 bits per heavy atom. The third-order valence-corrected chi connectivity index (χ3v) is 3.78. The van der Waals surface area contributed by atoms with Gasteiger partial charge in [-0.05, 0) is 25.1 Å². The van der Waals surface area contributed by atoms with Crippen LogP contribution in [0.1, 0.15) is 16.1 Å². The molecule has 20 heavy (non-hydrogen) atoms. The molecule has 3 rings (SSSR count). The first-order valence-electron chi connectivity index (χ1n) is 6.02. The number of nitrogens with two attached hydrogens (primary N) is 1. The third kappa shape index (κ3) is 2.33. The number of benzene rings is 1. The number of nitrogen functional groups attached to an aromatic ring is 1. The predicted molar refractivity (Wildman–Crippen MR) is 81.0 cm³/mol. The molecule has 0 atom stereocenters. The van der Waals surface area contributed by atoms with E-state index in [0.29, 0.717) is 16.4 Å². The van der Waals surface area contributed by atoms with Crippen molar-refractivity contribution in [3.63, 3.8) is 0 Å². The second-order valence-electron chi connectivity index (χ2n) is 4.35. The first kappa shape index (κ1) is 12.6. The lowest BCUT2D eigenvalue weighted by Crippen LogP contribution is -2.14. The van der Waals surface area contributed by atoms with Gasteiger partial charge >= 0.3 is 0 Å². The van der Waals surface area contributed by atoms with Crippen molar-refractivity contribution in [1.82, 2.24) is 9.97 Å². The molecule has 1 aromatic carbocycles. The molecule has 0 bridgehead atoms. The van der Waals surface area contributed by atoms with E-state index in [9.17, 15) is 4.79 Å². The number of carbonyl (C=O) groups excluding carboxylic acids is 1. The molecule has 0 aliphatic heterocycles. The Morgan fingerprint density at radius 2 is 2.15 bits per heavy atom. The van der Waals surface area contributed by atoms with Gasteiger partial charge in [-0.15, -0.1) is 0 Å². The number of hydrogen-bond donors (Lipinski definition) is 2. The SMILES string of the molecule is Cc1cc(N)c(C(=O)Nc2nc3ccccc3s2)cn1. The minimum atomic E-state index is -0.297. The van der Waals surface area contributed by atoms with Crippen LogP contribution >= 0.6 is 11.3 Å². The van der Waals surface area contributed by atoms with Gasteiger partial charge in [-0.25, -0.2) is 4.98 Å². The summed E-state index contributed by atoms with van der Waals surface area (Å²) in [6.45, 7) is 1.82. The molecule has 0 saturated heterocycles. The van der Waals surface area contributed by atoms with Gasteiger partial charge in [0.25, 0.3) is 5.91 Å². The summed E-state index contributed by atoms with van der Waals surface area (Å²) in [7, 11) is 0. The van der Waals surface area contributed by atoms with Gasteiger partial charge < -0.3 is 5.73 Å². The van der Waals surface area contributed by atoms with Gasteiger partial charge in [-0.2, -0.15) is 0 Å². The van der Waals surface area contributed by atoms with Crippen molar-refractivity contribution in [1.29, 1.82) is 0 Å². The highest BCUT2D eigenvalue weighted by Gasteiger charge is 2.13. The van der Waals surface area contributed by atoms with Gasteiger partial charge in [0.15, 0.2) is 5.13 Å². The van der Waals surface area contributed by atoms with Crippen LogP contribution in [-0.4, -0.2) is 15.9 Å². The van der Waals surface area contributed by atoms with E-state index in [0.717, 1.165) is 15.9 Å². The molecule has 3 aromatic rings. The lowest BCUT2D eigenvalue weighted by Gasteiger charge is -2.05. The van der Waals surface area contributed by atoms with Crippen LogP contribution in [0, 0.1) is 6.92 Å². The van der Waals surface area contributed by atoms with Crippen LogP contribution in [0.3, 0.4) is 0 Å². The molecule has 0 fully saturated rings. The Kier molecular flexibility index (Phi) is 3.08. The van der Waals surface area contributed by atoms with E-state index >= 15 is 0 Å². The summed E-state index contributed by atoms with van der Waals surface area (Å²) >= 11 is 1.42. The van der Waals surface area contributed by atoms with Crippen LogP contribution in [0.15, 0.2) is 36.5 Å². The largest absolute Gasteiger partial charge is 0.398 e. The Morgan fingerprint density at radius 1 is 1.35 bits per heavy atom. The number of fused-ring (bicyclic) bond motifs is 1. The minimum absolute atomic E-state index is 0.297. The highest BCUT2D eigenvalue weighted by molar-refractivity contribution is 7.22. The van der Waals surface area contributed by atoms with Crippen LogP contribution in [0.4, 0.5) is 10.8 Å². The van der Waals surface area contributed by atoms with E-state index in [2.05, 4.69) is 15.3 Å². The molecule has 0 aliphatic carbocycles. The fourth-order valence-electron chi connectivity index (χ4n) is 1.86. The average molecular weight is 284 g/mol. The first-order valence-corrected chi connectivity index (χ1v) is 6.84. The summed E-state index contributed by atoms with van der Waals surface area (Å²) in [5.41, 5.74) is 8.24. The molecule has 5 nitrogen and oxygen atoms in total. The smallest absolute Gasteiger partial charge is 0.261 e. The lowest BCUT2D eigenvalue weighted by molar-refractivity contribution is 0.102. The van der Waals surface area contributed by atoms with Crippen molar-refractivity contribution in [2.75, 3.05) is 11.1 Å². The van der Waals surface area contributed by atoms with Crippen molar-refractivity contribution in [2.24, 2.45) is 0 Å². The molecule has 0 radical (unpaired) electrons. The molecular formula is C14H12N4OS. The predicted octanol–water partition coefficient (Wildman–Crippen LogP) is 2.83. The monoisotopic (exact) mass is 284 g/mol. The fraction of sp³-hybridized carbons (Fsp3) is 0.0714. The van der Waals surface area contributed by atoms with Gasteiger partial charge in [0, 0.05) is 17.6 Å². The Labute approximate surface area is 119 Å². The van der Waals surface area contributed by atoms with E-state index < -0.39 is 0 Å². The van der Waals surface area contributed by atoms with Crippen molar-refractivity contribution in [3.05, 3.63) is 47.8 Å². The van der Waals surface area contributed by atoms with Crippen molar-refractivity contribution >= 4 is 38.3 Å². The number of pyridine rings is 1. The van der Waals surface area contributed by atoms with Gasteiger partial charge in [0.05, 0.1) is 15.8 Å². The summed E-state index contributed by atoms with van der Waals surface area (Å²) in [5.74, 6) is -0.297. The molecular weight excluding hydrogens is 272 g/mol. The van der Waals surface area contributed by atoms with Crippen LogP contribution < -0.4 is 11.1 Å². The second-order valence-corrected chi connectivity index (χ2v) is 5.38. The molecule has 6 heteroatoms. The Hall–Kier alpha value is -2.47. The topological polar surface area (TPSA) is 80.9 Å². The fourth-order valence-corrected chi connectivity index (χ4v) is 2.72. The minimum Gasteiger partial charge on any atom is -0.398 e. The molecule has 2 aromatic heterocycles. The number of rotatable bonds is 2. The van der Waals surface area contributed by atoms with E-state index in [1.54, 1.807) is 6.07 Å². The third-order valence-electron chi connectivity index (χ3n) is 2.83. The van der Waals surface area contributed by atoms with Gasteiger partial charge in [0.1, 0.15) is 0 Å². The van der Waals surface area contributed by atoms with Crippen molar-refractivity contribution < 1.29 is 4.79 Å². The Balaban J connectivity index is 1.88. The number of nitrogens with one attached hydrogen (secondary N) is 1. The molecule has 0 saturated carbocycles. The molecule has 0 spiro atoms. The number of para-hydroxylation sites is 1. The van der Waals surface area contributed by atoms with Crippen LogP contribution in [-0.2, 0) is 0 Å². The van der Waals surface area contributed by atoms with E-state index in [-0.39, 0.29) is 5.91 Å². The molecule has 2 heterocycles. The summed E-state index contributed by atoms with van der Waals surface area (Å²) in [6.07, 6.45) is 1.48. The zero-order valence-corrected chi connectivity index (χ0v) is 11.6. The maximum absolute atomic E-state index is 12.2. The number of hydrogen-bond acceptors (Lipinski definition) is 5. The summed E-state index contributed by atoms with van der Waals surface area (Å²) in [6, 6.07) is 9.39. The van der Waals surface area contributed by atoms with Gasteiger partial charge in [0.2, 0.25) is 0 Å². The van der Waals surface area contributed by atoms with E-state index in [4.69, 9.17) is 5.73 Å². The highest BCUT2D eigenvalue weighted by atomic mass is 32.1. The molecule has 3 N–H and O–H groups in total. The zero-order valence-electron chi connectivity index (χ0n) is 10.8. The zero-order chi connectivity index (χ0) is 14.1. The van der Waals surface area contributed by atoms with Gasteiger partial charge in [-0.1, -0.05) is 23.5 Å². The van der Waals surface area contributed by atoms with Crippen LogP contribution in [0.5, 0.6) is 0 Å². The van der Waals surface area contributed by atoms with Crippen LogP contribution in [0.2, 0.25) is 0 Å². The first-order chi connectivity index (χ1) is 9.63. The summed E-state index contributed by atoms with van der Waals surface area (Å²) < 4.78 is 1.03. The molecule has 0 unspecified atom stereocenters. The number of anilines is 2. The number of carbonyl (C=O) groups is 1. The summed E-state index contributed by atoms with van der Waals surface area (Å²) in [5, 5.41) is 3.31. The Bertz CT molecular complexity index is 764. The quantitative estimate of drug-likeness (QED) is 0.758. The maximum atomic E-state index is 12.2. The second kappa shape index (κ2) is 4.90. The van der Waals surface area contributed by atoms with Crippen LogP contribution in [0.25, 0.3) is 10.2 Å². The molecule has 1 amide bonds. The van der Waals surface area contributed by atoms with E-state index in [1.807, 2.05) is 31.2 Å². The number of nitrogens with zero attached hydrogens (tertiary/aromatic N) is 2. The number of aryl methyl sites for hydroxylation is 1.